The molecule has 1 aromatic carbocycles. The Hall–Kier alpha value is -1.83. The number of amides is 2. The van der Waals surface area contributed by atoms with Crippen LogP contribution in [-0.2, 0) is 19.1 Å². The van der Waals surface area contributed by atoms with E-state index >= 15 is 0 Å². The molecule has 1 N–H and O–H groups in total. The molecule has 1 saturated heterocycles. The quantitative estimate of drug-likeness (QED) is 0.630. The Morgan fingerprint density at radius 1 is 1.25 bits per heavy atom. The van der Waals surface area contributed by atoms with Crippen molar-refractivity contribution in [3.8, 4) is 0 Å². The zero-order valence-corrected chi connectivity index (χ0v) is 14.4. The summed E-state index contributed by atoms with van der Waals surface area (Å²) < 4.78 is 4.86. The Morgan fingerprint density at radius 2 is 1.88 bits per heavy atom. The normalized spacial score (nSPS) is 22.3. The Bertz CT molecular complexity index is 772. The second-order valence-electron chi connectivity index (χ2n) is 5.03. The molecule has 1 aromatic rings. The second-order valence-corrected chi connectivity index (χ2v) is 6.28. The van der Waals surface area contributed by atoms with Crippen LogP contribution in [0.1, 0.15) is 6.92 Å². The van der Waals surface area contributed by atoms with Gasteiger partial charge in [0.25, 0.3) is 5.91 Å². The third-order valence-corrected chi connectivity index (χ3v) is 4.41. The fourth-order valence-electron chi connectivity index (χ4n) is 2.63. The van der Waals surface area contributed by atoms with Gasteiger partial charge in [-0.05, 0) is 19.1 Å². The molecule has 126 valence electrons. The first-order valence-corrected chi connectivity index (χ1v) is 8.02. The lowest BCUT2D eigenvalue weighted by Gasteiger charge is -2.18. The molecule has 2 aliphatic rings. The summed E-state index contributed by atoms with van der Waals surface area (Å²) in [6.07, 6.45) is 0. The molecule has 10 heteroatoms. The predicted molar refractivity (Wildman–Crippen MR) is 88.4 cm³/mol. The van der Waals surface area contributed by atoms with Crippen molar-refractivity contribution >= 4 is 64.0 Å². The van der Waals surface area contributed by atoms with Crippen molar-refractivity contribution in [2.24, 2.45) is 11.0 Å². The number of imide groups is 1. The van der Waals surface area contributed by atoms with Crippen molar-refractivity contribution in [3.05, 3.63) is 27.2 Å². The molecule has 3 rings (SSSR count). The van der Waals surface area contributed by atoms with Crippen LogP contribution >= 0.6 is 34.8 Å². The number of hydrazone groups is 1. The molecule has 0 aliphatic carbocycles. The second kappa shape index (κ2) is 6.23. The topological polar surface area (TPSA) is 88.1 Å². The van der Waals surface area contributed by atoms with Crippen molar-refractivity contribution in [2.45, 2.75) is 13.0 Å². The fourth-order valence-corrected chi connectivity index (χ4v) is 3.62. The number of hydrogen-bond acceptors (Lipinski definition) is 6. The number of esters is 1. The highest BCUT2D eigenvalue weighted by Crippen LogP contribution is 2.41. The van der Waals surface area contributed by atoms with Crippen molar-refractivity contribution in [1.29, 1.82) is 0 Å². The fraction of sp³-hybridized carbons (Fsp3) is 0.286. The van der Waals surface area contributed by atoms with Gasteiger partial charge in [0.2, 0.25) is 5.91 Å². The predicted octanol–water partition coefficient (Wildman–Crippen LogP) is 2.03. The number of nitrogens with zero attached hydrogens (tertiary/aromatic N) is 2. The van der Waals surface area contributed by atoms with E-state index in [0.717, 1.165) is 4.90 Å². The molecule has 0 unspecified atom stereocenters. The van der Waals surface area contributed by atoms with Crippen LogP contribution in [0.5, 0.6) is 0 Å². The number of fused-ring (bicyclic) bond motifs is 1. The lowest BCUT2D eigenvalue weighted by molar-refractivity contribution is -0.136. The summed E-state index contributed by atoms with van der Waals surface area (Å²) in [6, 6.07) is 1.74. The van der Waals surface area contributed by atoms with E-state index in [9.17, 15) is 14.4 Å². The molecule has 1 fully saturated rings. The van der Waals surface area contributed by atoms with E-state index in [1.807, 2.05) is 0 Å². The van der Waals surface area contributed by atoms with Crippen LogP contribution in [0.3, 0.4) is 0 Å². The molecule has 7 nitrogen and oxygen atoms in total. The summed E-state index contributed by atoms with van der Waals surface area (Å²) in [6.45, 7) is 1.75. The first-order chi connectivity index (χ1) is 11.4. The van der Waals surface area contributed by atoms with E-state index < -0.39 is 29.7 Å². The molecule has 0 spiro atoms. The Kier molecular flexibility index (Phi) is 4.42. The number of halogens is 3. The highest BCUT2D eigenvalue weighted by atomic mass is 35.5. The van der Waals surface area contributed by atoms with Gasteiger partial charge in [0.15, 0.2) is 5.71 Å². The Balaban J connectivity index is 2.00. The number of carbonyl (C=O) groups is 3. The lowest BCUT2D eigenvalue weighted by atomic mass is 9.99. The molecule has 24 heavy (non-hydrogen) atoms. The van der Waals surface area contributed by atoms with E-state index in [1.165, 1.54) is 12.1 Å². The minimum atomic E-state index is -1.08. The van der Waals surface area contributed by atoms with Gasteiger partial charge in [0.1, 0.15) is 12.0 Å². The number of nitrogens with one attached hydrogen (secondary N) is 1. The molecule has 2 atom stereocenters. The summed E-state index contributed by atoms with van der Waals surface area (Å²) in [5.41, 5.74) is 2.38. The maximum Gasteiger partial charge on any atom is 0.355 e. The van der Waals surface area contributed by atoms with E-state index in [-0.39, 0.29) is 33.1 Å². The molecule has 2 aliphatic heterocycles. The summed E-state index contributed by atoms with van der Waals surface area (Å²) in [7, 11) is 0. The van der Waals surface area contributed by atoms with Crippen molar-refractivity contribution in [3.63, 3.8) is 0 Å². The van der Waals surface area contributed by atoms with E-state index in [1.54, 1.807) is 6.92 Å². The molecule has 0 aromatic heterocycles. The van der Waals surface area contributed by atoms with Gasteiger partial charge in [0, 0.05) is 5.02 Å². The number of ether oxygens (including phenoxy) is 1. The molecular weight excluding hydrogens is 381 g/mol. The van der Waals surface area contributed by atoms with E-state index in [4.69, 9.17) is 39.5 Å². The van der Waals surface area contributed by atoms with Gasteiger partial charge >= 0.3 is 5.97 Å². The summed E-state index contributed by atoms with van der Waals surface area (Å²) in [4.78, 5) is 38.1. The van der Waals surface area contributed by atoms with Gasteiger partial charge < -0.3 is 4.74 Å². The van der Waals surface area contributed by atoms with Gasteiger partial charge in [-0.2, -0.15) is 5.10 Å². The number of benzene rings is 1. The lowest BCUT2D eigenvalue weighted by Crippen LogP contribution is -2.36. The standard InChI is InChI=1S/C14H10Cl3N3O4/c1-2-24-14(23)10-8-9(18-19-10)13(22)20(12(8)21)11-6(16)3-5(15)4-7(11)17/h3-4,8-9,18H,2H2,1H3/t8-,9-/m0/s1. The Labute approximate surface area is 151 Å². The maximum atomic E-state index is 12.7. The van der Waals surface area contributed by atoms with Crippen LogP contribution in [0.25, 0.3) is 0 Å². The molecular formula is C14H10Cl3N3O4. The van der Waals surface area contributed by atoms with Crippen LogP contribution in [0.2, 0.25) is 15.1 Å². The summed E-state index contributed by atoms with van der Waals surface area (Å²) in [5.74, 6) is -3.11. The van der Waals surface area contributed by atoms with Gasteiger partial charge in [-0.15, -0.1) is 0 Å². The molecule has 0 saturated carbocycles. The zero-order valence-electron chi connectivity index (χ0n) is 12.2. The first-order valence-electron chi connectivity index (χ1n) is 6.89. The van der Waals surface area contributed by atoms with Crippen molar-refractivity contribution < 1.29 is 19.1 Å². The zero-order chi connectivity index (χ0) is 17.6. The SMILES string of the molecule is CCOC(=O)C1=NN[C@@H]2C(=O)N(c3c(Cl)cc(Cl)cc3Cl)C(=O)[C@H]12. The van der Waals surface area contributed by atoms with Gasteiger partial charge in [0.05, 0.1) is 22.3 Å². The van der Waals surface area contributed by atoms with Crippen LogP contribution in [-0.4, -0.2) is 36.1 Å². The average molecular weight is 391 g/mol. The van der Waals surface area contributed by atoms with E-state index in [2.05, 4.69) is 10.5 Å². The van der Waals surface area contributed by atoms with Crippen molar-refractivity contribution in [2.75, 3.05) is 11.5 Å². The third-order valence-electron chi connectivity index (χ3n) is 3.61. The molecule has 0 bridgehead atoms. The maximum absolute atomic E-state index is 12.7. The number of hydrogen-bond donors (Lipinski definition) is 1. The minimum absolute atomic E-state index is 0.0251. The highest BCUT2D eigenvalue weighted by Gasteiger charge is 2.56. The molecule has 0 radical (unpaired) electrons. The average Bonchev–Trinajstić information content (AvgIpc) is 3.02. The van der Waals surface area contributed by atoms with Crippen molar-refractivity contribution in [1.82, 2.24) is 5.43 Å². The molecule has 2 amide bonds. The van der Waals surface area contributed by atoms with Gasteiger partial charge in [-0.3, -0.25) is 15.0 Å². The van der Waals surface area contributed by atoms with E-state index in [0.29, 0.717) is 0 Å². The smallest absolute Gasteiger partial charge is 0.355 e. The molecule has 2 heterocycles. The number of carbonyl (C=O) groups excluding carboxylic acids is 3. The summed E-state index contributed by atoms with van der Waals surface area (Å²) in [5, 5.41) is 4.12. The van der Waals surface area contributed by atoms with Crippen LogP contribution in [0, 0.1) is 5.92 Å². The van der Waals surface area contributed by atoms with Gasteiger partial charge in [-0.1, -0.05) is 34.8 Å². The van der Waals surface area contributed by atoms with Crippen LogP contribution in [0.15, 0.2) is 17.2 Å². The first kappa shape index (κ1) is 17.0. The summed E-state index contributed by atoms with van der Waals surface area (Å²) >= 11 is 18.0. The van der Waals surface area contributed by atoms with Crippen LogP contribution < -0.4 is 10.3 Å². The van der Waals surface area contributed by atoms with Crippen LogP contribution in [0.4, 0.5) is 5.69 Å². The third kappa shape index (κ3) is 2.53. The number of rotatable bonds is 3. The number of anilines is 1. The van der Waals surface area contributed by atoms with Gasteiger partial charge in [-0.25, -0.2) is 9.69 Å². The Morgan fingerprint density at radius 3 is 2.46 bits per heavy atom. The largest absolute Gasteiger partial charge is 0.461 e. The highest BCUT2D eigenvalue weighted by molar-refractivity contribution is 6.49. The monoisotopic (exact) mass is 389 g/mol. The minimum Gasteiger partial charge on any atom is -0.461 e.